The lowest BCUT2D eigenvalue weighted by atomic mass is 9.97. The normalized spacial score (nSPS) is 19.5. The summed E-state index contributed by atoms with van der Waals surface area (Å²) in [6, 6.07) is 10.8. The summed E-state index contributed by atoms with van der Waals surface area (Å²) in [5, 5.41) is 21.9. The fraction of sp³-hybridized carbons (Fsp3) is 0.227. The third-order valence-electron chi connectivity index (χ3n) is 4.90. The maximum atomic E-state index is 13.2. The van der Waals surface area contributed by atoms with Gasteiger partial charge in [-0.2, -0.15) is 0 Å². The molecule has 31 heavy (non-hydrogen) atoms. The summed E-state index contributed by atoms with van der Waals surface area (Å²) in [5.74, 6) is -3.89. The van der Waals surface area contributed by atoms with Crippen molar-refractivity contribution in [2.75, 3.05) is 11.5 Å². The van der Waals surface area contributed by atoms with Crippen LogP contribution in [-0.4, -0.2) is 41.7 Å². The largest absolute Gasteiger partial charge is 0.545 e. The Morgan fingerprint density at radius 3 is 2.00 bits per heavy atom. The Hall–Kier alpha value is -4.01. The SMILES string of the molecule is CCOC(=O)C1(C)CC(=Nc2ccc(C(=O)[O-])cc2)C(=O)N1c1ccc(C(=O)[O-])cc1. The molecule has 2 aromatic rings. The Balaban J connectivity index is 2.02. The van der Waals surface area contributed by atoms with Crippen LogP contribution in [0.5, 0.6) is 0 Å². The lowest BCUT2D eigenvalue weighted by Gasteiger charge is -2.32. The van der Waals surface area contributed by atoms with Crippen LogP contribution in [0.4, 0.5) is 11.4 Å². The van der Waals surface area contributed by atoms with E-state index < -0.39 is 29.4 Å². The van der Waals surface area contributed by atoms with Gasteiger partial charge in [-0.05, 0) is 49.2 Å². The summed E-state index contributed by atoms with van der Waals surface area (Å²) in [5.41, 5.74) is -0.819. The molecule has 1 fully saturated rings. The number of amides is 1. The molecule has 0 radical (unpaired) electrons. The van der Waals surface area contributed by atoms with Crippen molar-refractivity contribution < 1.29 is 34.1 Å². The number of carbonyl (C=O) groups excluding carboxylic acids is 4. The van der Waals surface area contributed by atoms with Gasteiger partial charge in [0.1, 0.15) is 11.3 Å². The number of carboxylic acid groups (broad SMARTS) is 2. The van der Waals surface area contributed by atoms with Crippen molar-refractivity contribution in [1.82, 2.24) is 0 Å². The van der Waals surface area contributed by atoms with E-state index in [-0.39, 0.29) is 29.9 Å². The average molecular weight is 422 g/mol. The van der Waals surface area contributed by atoms with E-state index in [0.29, 0.717) is 11.4 Å². The molecule has 1 aliphatic heterocycles. The molecule has 1 heterocycles. The molecule has 9 nitrogen and oxygen atoms in total. The Morgan fingerprint density at radius 2 is 1.52 bits per heavy atom. The number of aliphatic imine (C=N–C) groups is 1. The van der Waals surface area contributed by atoms with Gasteiger partial charge < -0.3 is 24.5 Å². The standard InChI is InChI=1S/C22H20N2O7/c1-3-31-21(30)22(2)12-17(23-15-8-4-13(5-9-15)19(26)27)18(25)24(22)16-10-6-14(7-11-16)20(28)29/h4-11H,3,12H2,1-2H3,(H,26,27)(H,28,29)/p-2. The Morgan fingerprint density at radius 1 is 1.00 bits per heavy atom. The van der Waals surface area contributed by atoms with Gasteiger partial charge in [-0.15, -0.1) is 0 Å². The second-order valence-corrected chi connectivity index (χ2v) is 7.04. The molecule has 0 bridgehead atoms. The van der Waals surface area contributed by atoms with Crippen LogP contribution in [0.2, 0.25) is 0 Å². The molecule has 9 heteroatoms. The number of carboxylic acids is 2. The molecular weight excluding hydrogens is 404 g/mol. The van der Waals surface area contributed by atoms with Crippen LogP contribution >= 0.6 is 0 Å². The summed E-state index contributed by atoms with van der Waals surface area (Å²) in [6.07, 6.45) is -0.0604. The highest BCUT2D eigenvalue weighted by molar-refractivity contribution is 6.48. The summed E-state index contributed by atoms with van der Waals surface area (Å²) in [7, 11) is 0. The molecule has 1 aliphatic rings. The topological polar surface area (TPSA) is 139 Å². The van der Waals surface area contributed by atoms with E-state index >= 15 is 0 Å². The first-order chi connectivity index (χ1) is 14.7. The zero-order valence-corrected chi connectivity index (χ0v) is 16.8. The first kappa shape index (κ1) is 21.7. The second kappa shape index (κ2) is 8.39. The third-order valence-corrected chi connectivity index (χ3v) is 4.90. The molecule has 0 saturated carbocycles. The number of benzene rings is 2. The molecular formula is C22H18N2O7-2. The molecule has 3 rings (SSSR count). The summed E-state index contributed by atoms with van der Waals surface area (Å²) >= 11 is 0. The predicted octanol–water partition coefficient (Wildman–Crippen LogP) is 0.245. The maximum Gasteiger partial charge on any atom is 0.332 e. The Kier molecular flexibility index (Phi) is 5.87. The number of carbonyl (C=O) groups is 4. The summed E-state index contributed by atoms with van der Waals surface area (Å²) in [6.45, 7) is 3.29. The zero-order valence-electron chi connectivity index (χ0n) is 16.8. The molecule has 2 aromatic carbocycles. The van der Waals surface area contributed by atoms with Crippen molar-refractivity contribution in [2.45, 2.75) is 25.8 Å². The second-order valence-electron chi connectivity index (χ2n) is 7.04. The third kappa shape index (κ3) is 4.16. The van der Waals surface area contributed by atoms with E-state index in [0.717, 1.165) is 0 Å². The number of nitrogens with zero attached hydrogens (tertiary/aromatic N) is 2. The highest BCUT2D eigenvalue weighted by Gasteiger charge is 2.53. The van der Waals surface area contributed by atoms with E-state index in [1.54, 1.807) is 6.92 Å². The molecule has 0 N–H and O–H groups in total. The van der Waals surface area contributed by atoms with Crippen molar-refractivity contribution in [3.63, 3.8) is 0 Å². The van der Waals surface area contributed by atoms with Gasteiger partial charge >= 0.3 is 5.97 Å². The van der Waals surface area contributed by atoms with Gasteiger partial charge in [-0.25, -0.2) is 9.79 Å². The lowest BCUT2D eigenvalue weighted by molar-refractivity contribution is -0.256. The average Bonchev–Trinajstić information content (AvgIpc) is 2.99. The van der Waals surface area contributed by atoms with Crippen LogP contribution in [0.15, 0.2) is 53.5 Å². The van der Waals surface area contributed by atoms with Crippen molar-refractivity contribution in [2.24, 2.45) is 4.99 Å². The highest BCUT2D eigenvalue weighted by atomic mass is 16.5. The van der Waals surface area contributed by atoms with Crippen LogP contribution in [0.3, 0.4) is 0 Å². The van der Waals surface area contributed by atoms with Crippen molar-refractivity contribution in [1.29, 1.82) is 0 Å². The van der Waals surface area contributed by atoms with E-state index in [1.165, 1.54) is 60.4 Å². The number of anilines is 1. The number of esters is 1. The molecule has 1 unspecified atom stereocenters. The zero-order chi connectivity index (χ0) is 22.8. The van der Waals surface area contributed by atoms with Crippen LogP contribution in [0, 0.1) is 0 Å². The molecule has 1 amide bonds. The molecule has 1 atom stereocenters. The number of hydrogen-bond donors (Lipinski definition) is 0. The van der Waals surface area contributed by atoms with E-state index in [2.05, 4.69) is 4.99 Å². The number of hydrogen-bond acceptors (Lipinski definition) is 8. The van der Waals surface area contributed by atoms with E-state index in [9.17, 15) is 29.4 Å². The first-order valence-electron chi connectivity index (χ1n) is 9.39. The van der Waals surface area contributed by atoms with Crippen molar-refractivity contribution >= 4 is 40.9 Å². The van der Waals surface area contributed by atoms with Crippen molar-refractivity contribution in [3.05, 3.63) is 59.7 Å². The molecule has 1 saturated heterocycles. The van der Waals surface area contributed by atoms with Crippen LogP contribution in [-0.2, 0) is 14.3 Å². The van der Waals surface area contributed by atoms with Gasteiger partial charge in [0, 0.05) is 12.1 Å². The number of rotatable bonds is 6. The van der Waals surface area contributed by atoms with Crippen LogP contribution in [0.1, 0.15) is 41.0 Å². The minimum atomic E-state index is -1.40. The quantitative estimate of drug-likeness (QED) is 0.608. The van der Waals surface area contributed by atoms with Gasteiger partial charge in [0.05, 0.1) is 24.2 Å². The smallest absolute Gasteiger partial charge is 0.332 e. The Bertz CT molecular complexity index is 1070. The highest BCUT2D eigenvalue weighted by Crippen LogP contribution is 2.36. The van der Waals surface area contributed by atoms with E-state index in [1.807, 2.05) is 0 Å². The maximum absolute atomic E-state index is 13.2. The molecule has 0 aromatic heterocycles. The van der Waals surface area contributed by atoms with Gasteiger partial charge in [0.2, 0.25) is 0 Å². The van der Waals surface area contributed by atoms with Gasteiger partial charge in [0.25, 0.3) is 5.91 Å². The molecule has 0 spiro atoms. The first-order valence-corrected chi connectivity index (χ1v) is 9.39. The minimum Gasteiger partial charge on any atom is -0.545 e. The van der Waals surface area contributed by atoms with Crippen molar-refractivity contribution in [3.8, 4) is 0 Å². The van der Waals surface area contributed by atoms with Crippen LogP contribution < -0.4 is 15.1 Å². The van der Waals surface area contributed by atoms with E-state index in [4.69, 9.17) is 4.74 Å². The fourth-order valence-electron chi connectivity index (χ4n) is 3.35. The predicted molar refractivity (Wildman–Crippen MR) is 106 cm³/mol. The summed E-state index contributed by atoms with van der Waals surface area (Å²) < 4.78 is 5.17. The van der Waals surface area contributed by atoms with Gasteiger partial charge in [-0.1, -0.05) is 24.3 Å². The molecule has 160 valence electrons. The summed E-state index contributed by atoms with van der Waals surface area (Å²) in [4.78, 5) is 53.4. The number of aromatic carboxylic acids is 2. The Labute approximate surface area is 177 Å². The lowest BCUT2D eigenvalue weighted by Crippen LogP contribution is -2.50. The monoisotopic (exact) mass is 422 g/mol. The minimum absolute atomic E-state index is 0.0345. The fourth-order valence-corrected chi connectivity index (χ4v) is 3.35. The number of ether oxygens (including phenoxy) is 1. The van der Waals surface area contributed by atoms with Gasteiger partial charge in [-0.3, -0.25) is 9.69 Å². The molecule has 0 aliphatic carbocycles. The van der Waals surface area contributed by atoms with Gasteiger partial charge in [0.15, 0.2) is 0 Å². The van der Waals surface area contributed by atoms with Crippen LogP contribution in [0.25, 0.3) is 0 Å².